The number of allylic oxidation sites excluding steroid dienone is 1. The zero-order valence-electron chi connectivity index (χ0n) is 20.4. The molecule has 6 heteroatoms. The standard InChI is InChI=1S/C29H30N2O4/c1-4-18-6-10-21(11-7-18)30-25(32)16-23(27(30)33)20-14-17(3)26-24(15-20)28(34)31(29(26)35)22-12-8-19(5-2)9-13-22/h6-14,20,23-24,26H,4-5,15-16H2,1-3H3/t20-,23-,24-,26+/m1/s1. The third-order valence-electron chi connectivity index (χ3n) is 7.82. The van der Waals surface area contributed by atoms with E-state index < -0.39 is 17.8 Å². The smallest absolute Gasteiger partial charge is 0.241 e. The van der Waals surface area contributed by atoms with Gasteiger partial charge in [0.1, 0.15) is 0 Å². The molecule has 4 amide bonds. The Balaban J connectivity index is 1.38. The van der Waals surface area contributed by atoms with Crippen LogP contribution in [0, 0.1) is 23.7 Å². The van der Waals surface area contributed by atoms with Gasteiger partial charge in [0, 0.05) is 6.42 Å². The van der Waals surface area contributed by atoms with E-state index in [1.807, 2.05) is 61.5 Å². The van der Waals surface area contributed by atoms with Crippen molar-refractivity contribution >= 4 is 35.0 Å². The minimum Gasteiger partial charge on any atom is -0.274 e. The molecule has 0 radical (unpaired) electrons. The Kier molecular flexibility index (Phi) is 5.91. The molecule has 0 saturated carbocycles. The van der Waals surface area contributed by atoms with Crippen molar-refractivity contribution in [2.24, 2.45) is 23.7 Å². The highest BCUT2D eigenvalue weighted by atomic mass is 16.2. The van der Waals surface area contributed by atoms with Crippen molar-refractivity contribution in [2.45, 2.75) is 46.5 Å². The summed E-state index contributed by atoms with van der Waals surface area (Å²) in [6.45, 7) is 5.97. The van der Waals surface area contributed by atoms with E-state index in [4.69, 9.17) is 0 Å². The highest BCUT2D eigenvalue weighted by molar-refractivity contribution is 6.23. The number of fused-ring (bicyclic) bond motifs is 1. The van der Waals surface area contributed by atoms with Gasteiger partial charge in [-0.25, -0.2) is 4.90 Å². The van der Waals surface area contributed by atoms with E-state index >= 15 is 0 Å². The largest absolute Gasteiger partial charge is 0.274 e. The van der Waals surface area contributed by atoms with E-state index in [-0.39, 0.29) is 36.0 Å². The fraction of sp³-hybridized carbons (Fsp3) is 0.379. The third-order valence-corrected chi connectivity index (χ3v) is 7.82. The predicted octanol–water partition coefficient (Wildman–Crippen LogP) is 4.46. The van der Waals surface area contributed by atoms with Crippen LogP contribution < -0.4 is 9.80 Å². The lowest BCUT2D eigenvalue weighted by atomic mass is 9.71. The fourth-order valence-electron chi connectivity index (χ4n) is 5.84. The average Bonchev–Trinajstić information content (AvgIpc) is 3.31. The number of imide groups is 2. The van der Waals surface area contributed by atoms with Gasteiger partial charge in [-0.2, -0.15) is 0 Å². The quantitative estimate of drug-likeness (QED) is 0.478. The van der Waals surface area contributed by atoms with Crippen LogP contribution in [0.15, 0.2) is 60.2 Å². The lowest BCUT2D eigenvalue weighted by molar-refractivity contribution is -0.125. The molecule has 0 spiro atoms. The molecule has 5 rings (SSSR count). The van der Waals surface area contributed by atoms with Gasteiger partial charge >= 0.3 is 0 Å². The normalized spacial score (nSPS) is 26.4. The molecule has 180 valence electrons. The lowest BCUT2D eigenvalue weighted by Crippen LogP contribution is -2.35. The highest BCUT2D eigenvalue weighted by Crippen LogP contribution is 2.46. The first kappa shape index (κ1) is 23.2. The van der Waals surface area contributed by atoms with Crippen molar-refractivity contribution in [1.82, 2.24) is 0 Å². The highest BCUT2D eigenvalue weighted by Gasteiger charge is 2.53. The summed E-state index contributed by atoms with van der Waals surface area (Å²) in [5.41, 5.74) is 4.26. The van der Waals surface area contributed by atoms with Gasteiger partial charge < -0.3 is 0 Å². The van der Waals surface area contributed by atoms with Gasteiger partial charge in [0.15, 0.2) is 0 Å². The van der Waals surface area contributed by atoms with Gasteiger partial charge in [-0.15, -0.1) is 0 Å². The number of anilines is 2. The van der Waals surface area contributed by atoms with Gasteiger partial charge in [0.25, 0.3) is 0 Å². The summed E-state index contributed by atoms with van der Waals surface area (Å²) in [5.74, 6) is -2.66. The Labute approximate surface area is 205 Å². The van der Waals surface area contributed by atoms with Crippen LogP contribution in [0.1, 0.15) is 44.7 Å². The molecule has 2 aliphatic heterocycles. The number of amides is 4. The Morgan fingerprint density at radius 1 is 0.714 bits per heavy atom. The Bertz CT molecular complexity index is 1230. The Hall–Kier alpha value is -3.54. The second-order valence-corrected chi connectivity index (χ2v) is 9.82. The van der Waals surface area contributed by atoms with Crippen LogP contribution in [0.4, 0.5) is 11.4 Å². The van der Waals surface area contributed by atoms with Crippen LogP contribution in [0.2, 0.25) is 0 Å². The lowest BCUT2D eigenvalue weighted by Gasteiger charge is -2.29. The molecule has 2 aromatic rings. The van der Waals surface area contributed by atoms with Crippen molar-refractivity contribution in [3.8, 4) is 0 Å². The van der Waals surface area contributed by atoms with E-state index in [1.54, 1.807) is 0 Å². The molecule has 3 aliphatic rings. The first-order valence-corrected chi connectivity index (χ1v) is 12.4. The summed E-state index contributed by atoms with van der Waals surface area (Å²) in [6.07, 6.45) is 4.22. The monoisotopic (exact) mass is 470 g/mol. The van der Waals surface area contributed by atoms with Gasteiger partial charge in [0.05, 0.1) is 29.1 Å². The molecular formula is C29H30N2O4. The first-order chi connectivity index (χ1) is 16.8. The van der Waals surface area contributed by atoms with Crippen LogP contribution in [-0.4, -0.2) is 23.6 Å². The second kappa shape index (κ2) is 8.91. The summed E-state index contributed by atoms with van der Waals surface area (Å²) in [6, 6.07) is 15.0. The summed E-state index contributed by atoms with van der Waals surface area (Å²) < 4.78 is 0. The maximum absolute atomic E-state index is 13.4. The van der Waals surface area contributed by atoms with Gasteiger partial charge in [-0.3, -0.25) is 24.1 Å². The van der Waals surface area contributed by atoms with Crippen LogP contribution in [0.3, 0.4) is 0 Å². The molecule has 2 fully saturated rings. The van der Waals surface area contributed by atoms with Gasteiger partial charge in [-0.05, 0) is 67.5 Å². The van der Waals surface area contributed by atoms with E-state index in [9.17, 15) is 19.2 Å². The predicted molar refractivity (Wildman–Crippen MR) is 134 cm³/mol. The van der Waals surface area contributed by atoms with Crippen molar-refractivity contribution in [3.63, 3.8) is 0 Å². The number of carbonyl (C=O) groups is 4. The summed E-state index contributed by atoms with van der Waals surface area (Å²) >= 11 is 0. The second-order valence-electron chi connectivity index (χ2n) is 9.82. The van der Waals surface area contributed by atoms with E-state index in [0.29, 0.717) is 17.8 Å². The van der Waals surface area contributed by atoms with Gasteiger partial charge in [-0.1, -0.05) is 49.8 Å². The SMILES string of the molecule is CCc1ccc(N2C(=O)[C@H]3C(C)=C[C@@H]([C@H]4CC(=O)N(c5ccc(CC)cc5)C4=O)C[C@H]3C2=O)cc1. The van der Waals surface area contributed by atoms with E-state index in [2.05, 4.69) is 13.8 Å². The fourth-order valence-corrected chi connectivity index (χ4v) is 5.84. The molecule has 4 atom stereocenters. The molecule has 2 aromatic carbocycles. The van der Waals surface area contributed by atoms with Gasteiger partial charge in [0.2, 0.25) is 23.6 Å². The average molecular weight is 471 g/mol. The molecule has 6 nitrogen and oxygen atoms in total. The summed E-state index contributed by atoms with van der Waals surface area (Å²) in [7, 11) is 0. The molecule has 35 heavy (non-hydrogen) atoms. The summed E-state index contributed by atoms with van der Waals surface area (Å²) in [4.78, 5) is 55.5. The van der Waals surface area contributed by atoms with Crippen LogP contribution in [-0.2, 0) is 32.0 Å². The molecule has 0 bridgehead atoms. The minimum absolute atomic E-state index is 0.116. The number of carbonyl (C=O) groups excluding carboxylic acids is 4. The van der Waals surface area contributed by atoms with Crippen molar-refractivity contribution in [2.75, 3.05) is 9.80 Å². The van der Waals surface area contributed by atoms with E-state index in [1.165, 1.54) is 9.80 Å². The molecule has 0 unspecified atom stereocenters. The van der Waals surface area contributed by atoms with Crippen LogP contribution >= 0.6 is 0 Å². The number of benzene rings is 2. The van der Waals surface area contributed by atoms with Crippen LogP contribution in [0.25, 0.3) is 0 Å². The number of aryl methyl sites for hydroxylation is 2. The number of nitrogens with zero attached hydrogens (tertiary/aromatic N) is 2. The molecule has 0 N–H and O–H groups in total. The first-order valence-electron chi connectivity index (χ1n) is 12.4. The minimum atomic E-state index is -0.523. The zero-order valence-corrected chi connectivity index (χ0v) is 20.4. The molecular weight excluding hydrogens is 440 g/mol. The van der Waals surface area contributed by atoms with Crippen molar-refractivity contribution in [3.05, 3.63) is 71.3 Å². The number of hydrogen-bond donors (Lipinski definition) is 0. The summed E-state index contributed by atoms with van der Waals surface area (Å²) in [5, 5.41) is 0. The Morgan fingerprint density at radius 3 is 1.77 bits per heavy atom. The molecule has 2 saturated heterocycles. The molecule has 0 aromatic heterocycles. The number of rotatable bonds is 5. The Morgan fingerprint density at radius 2 is 1.23 bits per heavy atom. The topological polar surface area (TPSA) is 74.8 Å². The third kappa shape index (κ3) is 3.81. The maximum atomic E-state index is 13.4. The van der Waals surface area contributed by atoms with Crippen LogP contribution in [0.5, 0.6) is 0 Å². The maximum Gasteiger partial charge on any atom is 0.241 e. The number of hydrogen-bond acceptors (Lipinski definition) is 4. The zero-order chi connectivity index (χ0) is 24.9. The van der Waals surface area contributed by atoms with Crippen molar-refractivity contribution in [1.29, 1.82) is 0 Å². The van der Waals surface area contributed by atoms with E-state index in [0.717, 1.165) is 29.5 Å². The van der Waals surface area contributed by atoms with Crippen molar-refractivity contribution < 1.29 is 19.2 Å². The molecule has 1 aliphatic carbocycles. The molecule has 2 heterocycles.